The molecule has 250 valence electrons. The highest BCUT2D eigenvalue weighted by molar-refractivity contribution is 5.92. The zero-order valence-electron chi connectivity index (χ0n) is 26.8. The second-order valence-electron chi connectivity index (χ2n) is 11.1. The fourth-order valence-electron chi connectivity index (χ4n) is 4.78. The van der Waals surface area contributed by atoms with E-state index >= 15 is 0 Å². The SMILES string of the molecule is CCCCCCCCOc1ccc(-c2ccc(C(=O)Oc3ccc(C(=O)OC(CCCCCOCC)C(F)(F)F)cc3)cc2)cc1. The summed E-state index contributed by atoms with van der Waals surface area (Å²) in [6.45, 7) is 5.80. The molecule has 3 aromatic rings. The van der Waals surface area contributed by atoms with Crippen LogP contribution < -0.4 is 9.47 Å². The van der Waals surface area contributed by atoms with Gasteiger partial charge in [-0.2, -0.15) is 13.2 Å². The Morgan fingerprint density at radius 1 is 0.630 bits per heavy atom. The van der Waals surface area contributed by atoms with Crippen LogP contribution in [0.3, 0.4) is 0 Å². The number of hydrogen-bond acceptors (Lipinski definition) is 6. The molecule has 3 rings (SSSR count). The third-order valence-electron chi connectivity index (χ3n) is 7.45. The van der Waals surface area contributed by atoms with E-state index in [-0.39, 0.29) is 24.2 Å². The Morgan fingerprint density at radius 2 is 1.15 bits per heavy atom. The van der Waals surface area contributed by atoms with Gasteiger partial charge in [0.25, 0.3) is 0 Å². The van der Waals surface area contributed by atoms with E-state index in [2.05, 4.69) is 6.92 Å². The number of carbonyl (C=O) groups excluding carboxylic acids is 2. The average Bonchev–Trinajstić information content (AvgIpc) is 3.05. The predicted octanol–water partition coefficient (Wildman–Crippen LogP) is 10.00. The molecule has 0 aromatic heterocycles. The number of alkyl halides is 3. The van der Waals surface area contributed by atoms with E-state index in [1.807, 2.05) is 43.3 Å². The van der Waals surface area contributed by atoms with Gasteiger partial charge in [-0.1, -0.05) is 69.7 Å². The van der Waals surface area contributed by atoms with Crippen LogP contribution in [0.2, 0.25) is 0 Å². The number of carbonyl (C=O) groups is 2. The fourth-order valence-corrected chi connectivity index (χ4v) is 4.78. The molecular weight excluding hydrogens is 597 g/mol. The van der Waals surface area contributed by atoms with E-state index in [0.717, 1.165) is 23.3 Å². The van der Waals surface area contributed by atoms with E-state index in [0.29, 0.717) is 38.2 Å². The number of halogens is 3. The summed E-state index contributed by atoms with van der Waals surface area (Å²) < 4.78 is 61.6. The largest absolute Gasteiger partial charge is 0.494 e. The van der Waals surface area contributed by atoms with Crippen molar-refractivity contribution >= 4 is 11.9 Å². The van der Waals surface area contributed by atoms with E-state index in [4.69, 9.17) is 18.9 Å². The summed E-state index contributed by atoms with van der Waals surface area (Å²) in [6.07, 6.45) is 1.49. The first kappa shape index (κ1) is 36.6. The van der Waals surface area contributed by atoms with Crippen LogP contribution in [-0.4, -0.2) is 44.0 Å². The van der Waals surface area contributed by atoms with E-state index in [1.54, 1.807) is 12.1 Å². The maximum Gasteiger partial charge on any atom is 0.425 e. The average molecular weight is 643 g/mol. The Hall–Kier alpha value is -3.85. The van der Waals surface area contributed by atoms with Crippen molar-refractivity contribution in [2.75, 3.05) is 19.8 Å². The Morgan fingerprint density at radius 3 is 1.78 bits per heavy atom. The smallest absolute Gasteiger partial charge is 0.425 e. The molecule has 0 bridgehead atoms. The highest BCUT2D eigenvalue weighted by Gasteiger charge is 2.42. The molecule has 9 heteroatoms. The summed E-state index contributed by atoms with van der Waals surface area (Å²) in [5, 5.41) is 0. The monoisotopic (exact) mass is 642 g/mol. The van der Waals surface area contributed by atoms with Crippen LogP contribution in [0.4, 0.5) is 13.2 Å². The van der Waals surface area contributed by atoms with Gasteiger partial charge >= 0.3 is 18.1 Å². The number of ether oxygens (including phenoxy) is 4. The predicted molar refractivity (Wildman–Crippen MR) is 172 cm³/mol. The molecule has 0 N–H and O–H groups in total. The molecule has 1 unspecified atom stereocenters. The molecule has 0 saturated carbocycles. The lowest BCUT2D eigenvalue weighted by atomic mass is 10.0. The minimum absolute atomic E-state index is 0.0754. The highest BCUT2D eigenvalue weighted by Crippen LogP contribution is 2.29. The molecule has 0 amide bonds. The molecule has 0 aliphatic rings. The molecule has 0 spiro atoms. The molecule has 46 heavy (non-hydrogen) atoms. The number of rotatable bonds is 20. The van der Waals surface area contributed by atoms with Crippen LogP contribution in [-0.2, 0) is 9.47 Å². The molecule has 0 radical (unpaired) electrons. The van der Waals surface area contributed by atoms with Gasteiger partial charge in [0, 0.05) is 13.2 Å². The first-order valence-corrected chi connectivity index (χ1v) is 16.2. The molecular formula is C37H45F3O6. The highest BCUT2D eigenvalue weighted by atomic mass is 19.4. The Balaban J connectivity index is 1.47. The van der Waals surface area contributed by atoms with Gasteiger partial charge in [0.15, 0.2) is 6.10 Å². The van der Waals surface area contributed by atoms with Gasteiger partial charge in [0.1, 0.15) is 11.5 Å². The summed E-state index contributed by atoms with van der Waals surface area (Å²) in [5.41, 5.74) is 2.14. The molecule has 3 aromatic carbocycles. The topological polar surface area (TPSA) is 71.1 Å². The fraction of sp³-hybridized carbons (Fsp3) is 0.459. The third kappa shape index (κ3) is 12.9. The Bertz CT molecular complexity index is 1300. The van der Waals surface area contributed by atoms with E-state index in [9.17, 15) is 22.8 Å². The lowest BCUT2D eigenvalue weighted by Crippen LogP contribution is -2.33. The minimum atomic E-state index is -4.68. The minimum Gasteiger partial charge on any atom is -0.494 e. The standard InChI is InChI=1S/C37H45F3O6/c1-3-5-6-7-8-12-27-44-32-22-18-29(19-23-32)28-14-16-30(17-15-28)35(41)45-33-24-20-31(21-25-33)36(42)46-34(37(38,39)40)13-10-9-11-26-43-4-2/h14-25,34H,3-13,26-27H2,1-2H3. The first-order chi connectivity index (χ1) is 22.2. The van der Waals surface area contributed by atoms with E-state index < -0.39 is 24.2 Å². The van der Waals surface area contributed by atoms with Crippen molar-refractivity contribution < 1.29 is 41.7 Å². The van der Waals surface area contributed by atoms with Crippen LogP contribution in [0.25, 0.3) is 11.1 Å². The second-order valence-corrected chi connectivity index (χ2v) is 11.1. The zero-order chi connectivity index (χ0) is 33.2. The summed E-state index contributed by atoms with van der Waals surface area (Å²) >= 11 is 0. The molecule has 6 nitrogen and oxygen atoms in total. The molecule has 0 saturated heterocycles. The van der Waals surface area contributed by atoms with Crippen molar-refractivity contribution in [3.63, 3.8) is 0 Å². The first-order valence-electron chi connectivity index (χ1n) is 16.2. The van der Waals surface area contributed by atoms with Crippen molar-refractivity contribution in [3.8, 4) is 22.6 Å². The lowest BCUT2D eigenvalue weighted by molar-refractivity contribution is -0.206. The van der Waals surface area contributed by atoms with Gasteiger partial charge < -0.3 is 18.9 Å². The summed E-state index contributed by atoms with van der Waals surface area (Å²) in [6, 6.07) is 20.0. The van der Waals surface area contributed by atoms with Gasteiger partial charge in [-0.15, -0.1) is 0 Å². The Kier molecular flexibility index (Phi) is 15.6. The maximum absolute atomic E-state index is 13.5. The quantitative estimate of drug-likeness (QED) is 0.0694. The van der Waals surface area contributed by atoms with Crippen molar-refractivity contribution in [1.29, 1.82) is 0 Å². The number of hydrogen-bond donors (Lipinski definition) is 0. The van der Waals surface area contributed by atoms with Crippen LogP contribution in [0.15, 0.2) is 72.8 Å². The van der Waals surface area contributed by atoms with Crippen molar-refractivity contribution in [1.82, 2.24) is 0 Å². The van der Waals surface area contributed by atoms with Gasteiger partial charge in [0.05, 0.1) is 17.7 Å². The van der Waals surface area contributed by atoms with Crippen molar-refractivity contribution in [3.05, 3.63) is 83.9 Å². The van der Waals surface area contributed by atoms with Crippen LogP contribution in [0, 0.1) is 0 Å². The third-order valence-corrected chi connectivity index (χ3v) is 7.45. The van der Waals surface area contributed by atoms with Crippen LogP contribution in [0.5, 0.6) is 11.5 Å². The molecule has 1 atom stereocenters. The molecule has 0 aliphatic heterocycles. The second kappa shape index (κ2) is 19.6. The maximum atomic E-state index is 13.5. The van der Waals surface area contributed by atoms with Crippen molar-refractivity contribution in [2.45, 2.75) is 90.3 Å². The molecule has 0 fully saturated rings. The molecule has 0 heterocycles. The van der Waals surface area contributed by atoms with Gasteiger partial charge in [-0.25, -0.2) is 9.59 Å². The lowest BCUT2D eigenvalue weighted by Gasteiger charge is -2.20. The summed E-state index contributed by atoms with van der Waals surface area (Å²) in [7, 11) is 0. The number of esters is 2. The number of benzene rings is 3. The van der Waals surface area contributed by atoms with Gasteiger partial charge in [0.2, 0.25) is 0 Å². The molecule has 0 aliphatic carbocycles. The van der Waals surface area contributed by atoms with Gasteiger partial charge in [-0.05, 0) is 92.3 Å². The summed E-state index contributed by atoms with van der Waals surface area (Å²) in [4.78, 5) is 25.1. The zero-order valence-corrected chi connectivity index (χ0v) is 26.8. The normalized spacial score (nSPS) is 12.0. The van der Waals surface area contributed by atoms with Crippen molar-refractivity contribution in [2.24, 2.45) is 0 Å². The Labute approximate surface area is 270 Å². The summed E-state index contributed by atoms with van der Waals surface area (Å²) in [5.74, 6) is -0.741. The number of unbranched alkanes of at least 4 members (excludes halogenated alkanes) is 7. The van der Waals surface area contributed by atoms with Crippen LogP contribution >= 0.6 is 0 Å². The van der Waals surface area contributed by atoms with Crippen LogP contribution in [0.1, 0.15) is 98.8 Å². The van der Waals surface area contributed by atoms with Gasteiger partial charge in [-0.3, -0.25) is 0 Å². The van der Waals surface area contributed by atoms with E-state index in [1.165, 1.54) is 56.4 Å².